The highest BCUT2D eigenvalue weighted by Crippen LogP contribution is 2.34. The van der Waals surface area contributed by atoms with E-state index in [1.807, 2.05) is 23.6 Å². The van der Waals surface area contributed by atoms with E-state index in [4.69, 9.17) is 11.6 Å². The lowest BCUT2D eigenvalue weighted by Gasteiger charge is -2.23. The molecule has 3 aromatic rings. The molecule has 1 aliphatic rings. The molecule has 2 aromatic carbocycles. The summed E-state index contributed by atoms with van der Waals surface area (Å²) < 4.78 is 37.1. The second kappa shape index (κ2) is 8.45. The number of hydrogen-bond acceptors (Lipinski definition) is 5. The Kier molecular flexibility index (Phi) is 5.90. The first kappa shape index (κ1) is 21.0. The number of thiazole rings is 1. The molecule has 1 unspecified atom stereocenters. The minimum absolute atomic E-state index is 0.0105. The summed E-state index contributed by atoms with van der Waals surface area (Å²) in [5.74, 6) is -1.41. The summed E-state index contributed by atoms with van der Waals surface area (Å²) in [6, 6.07) is 13.1. The summed E-state index contributed by atoms with van der Waals surface area (Å²) in [5.41, 5.74) is 2.11. The Balaban J connectivity index is 1.67. The SMILES string of the molecule is O=C(C1CCS(=O)(=O)C1)N(Cc1ccc(F)cc1)c1nc(-c2ccccc2Cl)cs1. The minimum Gasteiger partial charge on any atom is -0.283 e. The topological polar surface area (TPSA) is 67.3 Å². The van der Waals surface area contributed by atoms with Crippen molar-refractivity contribution in [2.75, 3.05) is 16.4 Å². The van der Waals surface area contributed by atoms with Crippen LogP contribution in [0.1, 0.15) is 12.0 Å². The van der Waals surface area contributed by atoms with Crippen LogP contribution in [0.2, 0.25) is 5.02 Å². The van der Waals surface area contributed by atoms with Crippen molar-refractivity contribution in [1.82, 2.24) is 4.98 Å². The van der Waals surface area contributed by atoms with Crippen molar-refractivity contribution >= 4 is 43.8 Å². The normalized spacial score (nSPS) is 17.7. The molecule has 1 fully saturated rings. The third-order valence-corrected chi connectivity index (χ3v) is 7.94. The molecule has 1 amide bonds. The molecule has 1 saturated heterocycles. The number of aromatic nitrogens is 1. The van der Waals surface area contributed by atoms with Crippen molar-refractivity contribution in [2.45, 2.75) is 13.0 Å². The first-order valence-electron chi connectivity index (χ1n) is 9.29. The average molecular weight is 465 g/mol. The van der Waals surface area contributed by atoms with Gasteiger partial charge >= 0.3 is 0 Å². The molecule has 1 atom stereocenters. The highest BCUT2D eigenvalue weighted by Gasteiger charge is 2.36. The van der Waals surface area contributed by atoms with Crippen LogP contribution in [0.3, 0.4) is 0 Å². The molecular formula is C21H18ClFN2O3S2. The molecule has 9 heteroatoms. The third kappa shape index (κ3) is 4.55. The monoisotopic (exact) mass is 464 g/mol. The van der Waals surface area contributed by atoms with Gasteiger partial charge in [-0.2, -0.15) is 0 Å². The van der Waals surface area contributed by atoms with Crippen molar-refractivity contribution in [1.29, 1.82) is 0 Å². The van der Waals surface area contributed by atoms with Crippen LogP contribution in [-0.4, -0.2) is 30.8 Å². The van der Waals surface area contributed by atoms with Gasteiger partial charge in [0.25, 0.3) is 0 Å². The standard InChI is InChI=1S/C21H18ClFN2O3S2/c22-18-4-2-1-3-17(18)19-12-29-21(24-19)25(11-14-5-7-16(23)8-6-14)20(26)15-9-10-30(27,28)13-15/h1-8,12,15H,9-11,13H2. The van der Waals surface area contributed by atoms with E-state index in [0.717, 1.165) is 11.1 Å². The number of nitrogens with zero attached hydrogens (tertiary/aromatic N) is 2. The number of anilines is 1. The van der Waals surface area contributed by atoms with E-state index in [1.54, 1.807) is 18.2 Å². The van der Waals surface area contributed by atoms with E-state index in [0.29, 0.717) is 22.3 Å². The zero-order chi connectivity index (χ0) is 21.3. The molecule has 156 valence electrons. The quantitative estimate of drug-likeness (QED) is 0.554. The van der Waals surface area contributed by atoms with Crippen LogP contribution >= 0.6 is 22.9 Å². The third-order valence-electron chi connectivity index (χ3n) is 4.97. The number of sulfone groups is 1. The highest BCUT2D eigenvalue weighted by molar-refractivity contribution is 7.91. The molecule has 1 aromatic heterocycles. The Bertz CT molecular complexity index is 1180. The van der Waals surface area contributed by atoms with Crippen LogP contribution in [0.15, 0.2) is 53.9 Å². The van der Waals surface area contributed by atoms with Gasteiger partial charge in [0.05, 0.1) is 29.7 Å². The minimum atomic E-state index is -3.21. The maximum Gasteiger partial charge on any atom is 0.233 e. The van der Waals surface area contributed by atoms with Crippen LogP contribution in [0.4, 0.5) is 9.52 Å². The van der Waals surface area contributed by atoms with Gasteiger partial charge in [0.1, 0.15) is 5.82 Å². The molecule has 5 nitrogen and oxygen atoms in total. The number of amides is 1. The molecule has 2 heterocycles. The van der Waals surface area contributed by atoms with E-state index in [9.17, 15) is 17.6 Å². The van der Waals surface area contributed by atoms with Gasteiger partial charge in [0.15, 0.2) is 15.0 Å². The fourth-order valence-electron chi connectivity index (χ4n) is 3.40. The fraction of sp³-hybridized carbons (Fsp3) is 0.238. The first-order chi connectivity index (χ1) is 14.3. The number of benzene rings is 2. The Morgan fingerprint density at radius 3 is 2.60 bits per heavy atom. The Morgan fingerprint density at radius 1 is 1.20 bits per heavy atom. The molecule has 0 radical (unpaired) electrons. The number of halogens is 2. The summed E-state index contributed by atoms with van der Waals surface area (Å²) in [4.78, 5) is 19.3. The van der Waals surface area contributed by atoms with Gasteiger partial charge in [-0.15, -0.1) is 11.3 Å². The molecular weight excluding hydrogens is 447 g/mol. The number of hydrogen-bond donors (Lipinski definition) is 0. The van der Waals surface area contributed by atoms with Crippen LogP contribution in [0, 0.1) is 11.7 Å². The lowest BCUT2D eigenvalue weighted by molar-refractivity contribution is -0.121. The molecule has 4 rings (SSSR count). The second-order valence-electron chi connectivity index (χ2n) is 7.15. The molecule has 0 spiro atoms. The van der Waals surface area contributed by atoms with Crippen molar-refractivity contribution in [2.24, 2.45) is 5.92 Å². The second-order valence-corrected chi connectivity index (χ2v) is 10.6. The lowest BCUT2D eigenvalue weighted by Crippen LogP contribution is -2.36. The zero-order valence-corrected chi connectivity index (χ0v) is 18.2. The summed E-state index contributed by atoms with van der Waals surface area (Å²) in [5, 5.41) is 2.81. The van der Waals surface area contributed by atoms with Crippen LogP contribution < -0.4 is 4.90 Å². The maximum atomic E-state index is 13.3. The molecule has 30 heavy (non-hydrogen) atoms. The lowest BCUT2D eigenvalue weighted by atomic mass is 10.1. The summed E-state index contributed by atoms with van der Waals surface area (Å²) >= 11 is 7.55. The van der Waals surface area contributed by atoms with Gasteiger partial charge in [-0.05, 0) is 30.2 Å². The van der Waals surface area contributed by atoms with Gasteiger partial charge in [-0.25, -0.2) is 17.8 Å². The maximum absolute atomic E-state index is 13.3. The largest absolute Gasteiger partial charge is 0.283 e. The Labute approximate surface area is 183 Å². The van der Waals surface area contributed by atoms with Gasteiger partial charge in [0, 0.05) is 16.0 Å². The Hall–Kier alpha value is -2.29. The zero-order valence-electron chi connectivity index (χ0n) is 15.8. The van der Waals surface area contributed by atoms with Crippen molar-refractivity contribution in [3.63, 3.8) is 0 Å². The van der Waals surface area contributed by atoms with E-state index in [2.05, 4.69) is 4.98 Å². The smallest absolute Gasteiger partial charge is 0.233 e. The predicted octanol–water partition coefficient (Wildman–Crippen LogP) is 4.57. The first-order valence-corrected chi connectivity index (χ1v) is 12.4. The number of carbonyl (C=O) groups excluding carboxylic acids is 1. The predicted molar refractivity (Wildman–Crippen MR) is 117 cm³/mol. The van der Waals surface area contributed by atoms with E-state index in [1.165, 1.54) is 28.4 Å². The average Bonchev–Trinajstić information content (AvgIpc) is 3.34. The molecule has 0 aliphatic carbocycles. The highest BCUT2D eigenvalue weighted by atomic mass is 35.5. The number of carbonyl (C=O) groups is 1. The Morgan fingerprint density at radius 2 is 1.93 bits per heavy atom. The molecule has 1 aliphatic heterocycles. The van der Waals surface area contributed by atoms with Crippen LogP contribution in [0.5, 0.6) is 0 Å². The summed E-state index contributed by atoms with van der Waals surface area (Å²) in [6.45, 7) is 0.172. The van der Waals surface area contributed by atoms with Gasteiger partial charge in [-0.3, -0.25) is 9.69 Å². The van der Waals surface area contributed by atoms with Gasteiger partial charge < -0.3 is 0 Å². The van der Waals surface area contributed by atoms with Gasteiger partial charge in [-0.1, -0.05) is 41.9 Å². The van der Waals surface area contributed by atoms with E-state index < -0.39 is 15.8 Å². The summed E-state index contributed by atoms with van der Waals surface area (Å²) in [6.07, 6.45) is 0.295. The van der Waals surface area contributed by atoms with E-state index >= 15 is 0 Å². The molecule has 0 saturated carbocycles. The van der Waals surface area contributed by atoms with Crippen molar-refractivity contribution in [3.8, 4) is 11.3 Å². The van der Waals surface area contributed by atoms with Crippen molar-refractivity contribution in [3.05, 3.63) is 70.3 Å². The summed E-state index contributed by atoms with van der Waals surface area (Å²) in [7, 11) is -3.21. The van der Waals surface area contributed by atoms with E-state index in [-0.39, 0.29) is 29.8 Å². The fourth-order valence-corrected chi connectivity index (χ4v) is 6.20. The molecule has 0 bridgehead atoms. The van der Waals surface area contributed by atoms with Crippen LogP contribution in [-0.2, 0) is 21.2 Å². The van der Waals surface area contributed by atoms with Crippen molar-refractivity contribution < 1.29 is 17.6 Å². The van der Waals surface area contributed by atoms with Crippen LogP contribution in [0.25, 0.3) is 11.3 Å². The van der Waals surface area contributed by atoms with Gasteiger partial charge in [0.2, 0.25) is 5.91 Å². The number of rotatable bonds is 5. The molecule has 0 N–H and O–H groups in total.